The highest BCUT2D eigenvalue weighted by Crippen LogP contribution is 2.29. The Bertz CT molecular complexity index is 1220. The fourth-order valence-corrected chi connectivity index (χ4v) is 2.74. The van der Waals surface area contributed by atoms with E-state index < -0.39 is 5.97 Å². The number of nitrogens with one attached hydrogen (secondary N) is 1. The van der Waals surface area contributed by atoms with Gasteiger partial charge in [0, 0.05) is 5.69 Å². The molecule has 0 radical (unpaired) electrons. The molecule has 0 amide bonds. The van der Waals surface area contributed by atoms with Crippen LogP contribution in [0.25, 0.3) is 0 Å². The van der Waals surface area contributed by atoms with E-state index in [4.69, 9.17) is 21.1 Å². The molecule has 31 heavy (non-hydrogen) atoms. The van der Waals surface area contributed by atoms with Gasteiger partial charge in [0.15, 0.2) is 0 Å². The number of rotatable bonds is 7. The quantitative estimate of drug-likeness (QED) is 0.390. The van der Waals surface area contributed by atoms with E-state index >= 15 is 0 Å². The van der Waals surface area contributed by atoms with Gasteiger partial charge in [-0.1, -0.05) is 48.0 Å². The molecule has 4 rings (SSSR count). The van der Waals surface area contributed by atoms with Gasteiger partial charge >= 0.3 is 18.0 Å². The highest BCUT2D eigenvalue weighted by Gasteiger charge is 2.13. The number of anilines is 2. The van der Waals surface area contributed by atoms with E-state index in [0.717, 1.165) is 0 Å². The minimum atomic E-state index is -1.05. The van der Waals surface area contributed by atoms with Crippen molar-refractivity contribution in [3.63, 3.8) is 0 Å². The molecule has 0 aliphatic rings. The van der Waals surface area contributed by atoms with Crippen molar-refractivity contribution in [2.24, 2.45) is 0 Å². The summed E-state index contributed by atoms with van der Waals surface area (Å²) in [6.07, 6.45) is 0. The number of aromatic nitrogens is 3. The predicted octanol–water partition coefficient (Wildman–Crippen LogP) is 5.55. The molecule has 0 aliphatic carbocycles. The summed E-state index contributed by atoms with van der Waals surface area (Å²) < 4.78 is 11.4. The van der Waals surface area contributed by atoms with Gasteiger partial charge in [-0.15, -0.1) is 4.98 Å². The topological polar surface area (TPSA) is 106 Å². The second-order valence-corrected chi connectivity index (χ2v) is 6.59. The molecule has 1 aromatic heterocycles. The van der Waals surface area contributed by atoms with E-state index in [1.807, 2.05) is 18.2 Å². The summed E-state index contributed by atoms with van der Waals surface area (Å²) in [4.78, 5) is 23.9. The number of carboxylic acids is 1. The zero-order chi connectivity index (χ0) is 21.6. The minimum Gasteiger partial charge on any atom is -0.478 e. The average molecular weight is 435 g/mol. The molecule has 0 saturated heterocycles. The zero-order valence-corrected chi connectivity index (χ0v) is 16.7. The Morgan fingerprint density at radius 3 is 2.29 bits per heavy atom. The van der Waals surface area contributed by atoms with Crippen LogP contribution >= 0.6 is 11.6 Å². The molecule has 8 nitrogen and oxygen atoms in total. The van der Waals surface area contributed by atoms with Crippen LogP contribution in [0.4, 0.5) is 11.6 Å². The monoisotopic (exact) mass is 434 g/mol. The van der Waals surface area contributed by atoms with Crippen molar-refractivity contribution >= 4 is 29.2 Å². The number of nitrogens with zero attached hydrogens (tertiary/aromatic N) is 3. The third-order valence-corrected chi connectivity index (χ3v) is 4.26. The van der Waals surface area contributed by atoms with Crippen molar-refractivity contribution in [1.29, 1.82) is 0 Å². The van der Waals surface area contributed by atoms with E-state index in [0.29, 0.717) is 22.2 Å². The summed E-state index contributed by atoms with van der Waals surface area (Å²) in [5.74, 6) is -0.0586. The summed E-state index contributed by atoms with van der Waals surface area (Å²) in [7, 11) is 0. The molecule has 0 spiro atoms. The number of carbonyl (C=O) groups is 1. The van der Waals surface area contributed by atoms with Crippen LogP contribution in [0.1, 0.15) is 10.4 Å². The lowest BCUT2D eigenvalue weighted by Crippen LogP contribution is -2.04. The number of para-hydroxylation sites is 2. The molecule has 154 valence electrons. The van der Waals surface area contributed by atoms with Crippen LogP contribution in [0.2, 0.25) is 5.02 Å². The first kappa shape index (κ1) is 20.1. The first-order valence-corrected chi connectivity index (χ1v) is 9.46. The summed E-state index contributed by atoms with van der Waals surface area (Å²) >= 11 is 6.16. The van der Waals surface area contributed by atoms with Crippen LogP contribution in [0.15, 0.2) is 78.9 Å². The summed E-state index contributed by atoms with van der Waals surface area (Å²) in [6.45, 7) is 0. The van der Waals surface area contributed by atoms with E-state index in [1.165, 1.54) is 12.1 Å². The van der Waals surface area contributed by atoms with Crippen LogP contribution in [0.5, 0.6) is 23.5 Å². The van der Waals surface area contributed by atoms with Crippen molar-refractivity contribution in [2.45, 2.75) is 0 Å². The van der Waals surface area contributed by atoms with Crippen molar-refractivity contribution in [3.05, 3.63) is 89.4 Å². The molecule has 0 saturated carbocycles. The third kappa shape index (κ3) is 5.26. The van der Waals surface area contributed by atoms with E-state index in [9.17, 15) is 9.90 Å². The standard InChI is InChI=1S/C22H15ClN4O4/c23-17-11-4-5-12-18(17)31-22-26-20(24-15-8-6-7-14(13-15)19(28)29)25-21(27-22)30-16-9-2-1-3-10-16/h1-13H,(H,28,29)(H,24,25,26,27). The molecular formula is C22H15ClN4O4. The van der Waals surface area contributed by atoms with Gasteiger partial charge in [-0.2, -0.15) is 9.97 Å². The van der Waals surface area contributed by atoms with Crippen LogP contribution in [-0.4, -0.2) is 26.0 Å². The number of aromatic carboxylic acids is 1. The summed E-state index contributed by atoms with van der Waals surface area (Å²) in [6, 6.07) is 22.0. The SMILES string of the molecule is O=C(O)c1cccc(Nc2nc(Oc3ccccc3)nc(Oc3ccccc3Cl)n2)c1. The van der Waals surface area contributed by atoms with Gasteiger partial charge < -0.3 is 19.9 Å². The average Bonchev–Trinajstić information content (AvgIpc) is 2.76. The minimum absolute atomic E-state index is 0.0138. The number of benzene rings is 3. The predicted molar refractivity (Wildman–Crippen MR) is 115 cm³/mol. The molecule has 3 aromatic carbocycles. The third-order valence-electron chi connectivity index (χ3n) is 3.95. The fourth-order valence-electron chi connectivity index (χ4n) is 2.56. The maximum absolute atomic E-state index is 11.2. The van der Waals surface area contributed by atoms with Gasteiger partial charge in [0.2, 0.25) is 5.95 Å². The largest absolute Gasteiger partial charge is 0.478 e. The van der Waals surface area contributed by atoms with Gasteiger partial charge in [0.05, 0.1) is 10.6 Å². The molecule has 0 unspecified atom stereocenters. The normalized spacial score (nSPS) is 10.4. The lowest BCUT2D eigenvalue weighted by molar-refractivity contribution is 0.0697. The summed E-state index contributed by atoms with van der Waals surface area (Å²) in [5.41, 5.74) is 0.591. The van der Waals surface area contributed by atoms with Crippen LogP contribution in [0, 0.1) is 0 Å². The van der Waals surface area contributed by atoms with Gasteiger partial charge in [-0.25, -0.2) is 4.79 Å². The Labute approximate surface area is 182 Å². The Morgan fingerprint density at radius 2 is 1.55 bits per heavy atom. The lowest BCUT2D eigenvalue weighted by Gasteiger charge is -2.11. The molecule has 0 aliphatic heterocycles. The number of ether oxygens (including phenoxy) is 2. The van der Waals surface area contributed by atoms with Crippen LogP contribution < -0.4 is 14.8 Å². The van der Waals surface area contributed by atoms with Crippen molar-refractivity contribution < 1.29 is 19.4 Å². The molecule has 9 heteroatoms. The molecule has 2 N–H and O–H groups in total. The van der Waals surface area contributed by atoms with Crippen molar-refractivity contribution in [2.75, 3.05) is 5.32 Å². The van der Waals surface area contributed by atoms with Crippen LogP contribution in [-0.2, 0) is 0 Å². The molecule has 0 bridgehead atoms. The molecule has 0 fully saturated rings. The molecule has 4 aromatic rings. The molecular weight excluding hydrogens is 420 g/mol. The maximum atomic E-state index is 11.2. The fraction of sp³-hybridized carbons (Fsp3) is 0. The van der Waals surface area contributed by atoms with Gasteiger partial charge in [0.25, 0.3) is 0 Å². The highest BCUT2D eigenvalue weighted by molar-refractivity contribution is 6.32. The van der Waals surface area contributed by atoms with Crippen molar-refractivity contribution in [3.8, 4) is 23.5 Å². The Morgan fingerprint density at radius 1 is 0.839 bits per heavy atom. The first-order chi connectivity index (χ1) is 15.1. The maximum Gasteiger partial charge on any atom is 0.335 e. The van der Waals surface area contributed by atoms with Gasteiger partial charge in [-0.05, 0) is 42.5 Å². The molecule has 1 heterocycles. The van der Waals surface area contributed by atoms with E-state index in [2.05, 4.69) is 20.3 Å². The Kier molecular flexibility index (Phi) is 5.91. The highest BCUT2D eigenvalue weighted by atomic mass is 35.5. The Balaban J connectivity index is 1.67. The second-order valence-electron chi connectivity index (χ2n) is 6.18. The van der Waals surface area contributed by atoms with Crippen LogP contribution in [0.3, 0.4) is 0 Å². The number of carboxylic acid groups (broad SMARTS) is 1. The van der Waals surface area contributed by atoms with E-state index in [1.54, 1.807) is 48.5 Å². The zero-order valence-electron chi connectivity index (χ0n) is 15.9. The summed E-state index contributed by atoms with van der Waals surface area (Å²) in [5, 5.41) is 12.5. The number of hydrogen-bond donors (Lipinski definition) is 2. The molecule has 0 atom stereocenters. The first-order valence-electron chi connectivity index (χ1n) is 9.08. The number of halogens is 1. The lowest BCUT2D eigenvalue weighted by atomic mass is 10.2. The van der Waals surface area contributed by atoms with Gasteiger partial charge in [0.1, 0.15) is 11.5 Å². The second kappa shape index (κ2) is 9.10. The Hall–Kier alpha value is -4.17. The smallest absolute Gasteiger partial charge is 0.335 e. The van der Waals surface area contributed by atoms with Crippen molar-refractivity contribution in [1.82, 2.24) is 15.0 Å². The number of hydrogen-bond acceptors (Lipinski definition) is 7. The van der Waals surface area contributed by atoms with E-state index in [-0.39, 0.29) is 23.5 Å². The van der Waals surface area contributed by atoms with Gasteiger partial charge in [-0.3, -0.25) is 0 Å².